The minimum absolute atomic E-state index is 0.0371. The van der Waals surface area contributed by atoms with Gasteiger partial charge < -0.3 is 4.90 Å². The highest BCUT2D eigenvalue weighted by Gasteiger charge is 2.30. The molecule has 0 aromatic carbocycles. The van der Waals surface area contributed by atoms with Gasteiger partial charge in [0.25, 0.3) is 0 Å². The molecule has 1 rings (SSSR count). The van der Waals surface area contributed by atoms with Crippen LogP contribution in [-0.4, -0.2) is 23.9 Å². The van der Waals surface area contributed by atoms with Gasteiger partial charge in [-0.3, -0.25) is 4.79 Å². The van der Waals surface area contributed by atoms with Gasteiger partial charge in [0.2, 0.25) is 5.91 Å². The zero-order valence-corrected chi connectivity index (χ0v) is 9.21. The van der Waals surface area contributed by atoms with Crippen molar-refractivity contribution in [3.05, 3.63) is 0 Å². The second kappa shape index (κ2) is 4.00. The molecular weight excluding hydrogens is 176 g/mol. The summed E-state index contributed by atoms with van der Waals surface area (Å²) >= 11 is 0. The summed E-state index contributed by atoms with van der Waals surface area (Å²) in [4.78, 5) is 13.7. The van der Waals surface area contributed by atoms with Crippen LogP contribution in [0.4, 0.5) is 0 Å². The summed E-state index contributed by atoms with van der Waals surface area (Å²) in [7, 11) is 0. The standard InChI is InChI=1S/C11H18N2O/c1-11(2,3)10(14)13-6-4-5-9(7-12)8-13/h9H,4-6,8H2,1-3H3/t9-/m1/s1. The SMILES string of the molecule is CC(C)(C)C(=O)N1CCC[C@H](C#N)C1. The van der Waals surface area contributed by atoms with E-state index < -0.39 is 0 Å². The molecule has 0 aromatic rings. The molecule has 0 aromatic heterocycles. The van der Waals surface area contributed by atoms with Crippen molar-refractivity contribution in [2.24, 2.45) is 11.3 Å². The van der Waals surface area contributed by atoms with Gasteiger partial charge in [-0.25, -0.2) is 0 Å². The fourth-order valence-electron chi connectivity index (χ4n) is 1.74. The Balaban J connectivity index is 2.62. The number of nitriles is 1. The maximum Gasteiger partial charge on any atom is 0.227 e. The predicted molar refractivity (Wildman–Crippen MR) is 54.4 cm³/mol. The van der Waals surface area contributed by atoms with Crippen molar-refractivity contribution in [2.45, 2.75) is 33.6 Å². The second-order valence-corrected chi connectivity index (χ2v) is 4.97. The minimum Gasteiger partial charge on any atom is -0.341 e. The van der Waals surface area contributed by atoms with E-state index in [0.717, 1.165) is 19.4 Å². The van der Waals surface area contributed by atoms with E-state index in [1.807, 2.05) is 25.7 Å². The van der Waals surface area contributed by atoms with Gasteiger partial charge in [0, 0.05) is 18.5 Å². The summed E-state index contributed by atoms with van der Waals surface area (Å²) in [6.45, 7) is 7.20. The number of hydrogen-bond acceptors (Lipinski definition) is 2. The van der Waals surface area contributed by atoms with Crippen molar-refractivity contribution in [3.63, 3.8) is 0 Å². The fourth-order valence-corrected chi connectivity index (χ4v) is 1.74. The Kier molecular flexibility index (Phi) is 3.15. The van der Waals surface area contributed by atoms with Gasteiger partial charge in [0.15, 0.2) is 0 Å². The summed E-state index contributed by atoms with van der Waals surface area (Å²) in [6.07, 6.45) is 1.89. The zero-order chi connectivity index (χ0) is 10.8. The summed E-state index contributed by atoms with van der Waals surface area (Å²) in [5.41, 5.74) is -0.322. The summed E-state index contributed by atoms with van der Waals surface area (Å²) in [6, 6.07) is 2.25. The predicted octanol–water partition coefficient (Wildman–Crippen LogP) is 1.79. The Labute approximate surface area is 85.7 Å². The van der Waals surface area contributed by atoms with E-state index in [-0.39, 0.29) is 17.2 Å². The molecule has 14 heavy (non-hydrogen) atoms. The average Bonchev–Trinajstić information content (AvgIpc) is 2.15. The van der Waals surface area contributed by atoms with Gasteiger partial charge in [-0.15, -0.1) is 0 Å². The molecule has 0 aliphatic carbocycles. The van der Waals surface area contributed by atoms with Crippen LogP contribution < -0.4 is 0 Å². The van der Waals surface area contributed by atoms with Crippen LogP contribution in [0.5, 0.6) is 0 Å². The highest BCUT2D eigenvalue weighted by atomic mass is 16.2. The van der Waals surface area contributed by atoms with Crippen molar-refractivity contribution in [1.29, 1.82) is 5.26 Å². The Morgan fingerprint density at radius 2 is 2.14 bits per heavy atom. The average molecular weight is 194 g/mol. The quantitative estimate of drug-likeness (QED) is 0.590. The molecule has 1 amide bonds. The molecule has 0 radical (unpaired) electrons. The largest absolute Gasteiger partial charge is 0.341 e. The van der Waals surface area contributed by atoms with E-state index in [1.165, 1.54) is 0 Å². The third-order valence-electron chi connectivity index (χ3n) is 2.53. The smallest absolute Gasteiger partial charge is 0.227 e. The molecule has 0 unspecified atom stereocenters. The molecule has 1 fully saturated rings. The van der Waals surface area contributed by atoms with Crippen LogP contribution in [-0.2, 0) is 4.79 Å². The molecule has 1 aliphatic heterocycles. The van der Waals surface area contributed by atoms with E-state index in [9.17, 15) is 4.79 Å². The lowest BCUT2D eigenvalue weighted by Crippen LogP contribution is -2.44. The molecule has 0 N–H and O–H groups in total. The van der Waals surface area contributed by atoms with Crippen molar-refractivity contribution < 1.29 is 4.79 Å². The normalized spacial score (nSPS) is 23.0. The molecule has 1 aliphatic rings. The lowest BCUT2D eigenvalue weighted by Gasteiger charge is -2.34. The lowest BCUT2D eigenvalue weighted by atomic mass is 9.91. The fraction of sp³-hybridized carbons (Fsp3) is 0.818. The van der Waals surface area contributed by atoms with Crippen LogP contribution in [0.25, 0.3) is 0 Å². The number of rotatable bonds is 0. The van der Waals surface area contributed by atoms with Crippen molar-refractivity contribution >= 4 is 5.91 Å². The van der Waals surface area contributed by atoms with E-state index in [0.29, 0.717) is 6.54 Å². The first-order valence-electron chi connectivity index (χ1n) is 5.14. The van der Waals surface area contributed by atoms with Gasteiger partial charge in [-0.1, -0.05) is 20.8 Å². The molecule has 1 saturated heterocycles. The van der Waals surface area contributed by atoms with Crippen molar-refractivity contribution in [1.82, 2.24) is 4.90 Å². The molecule has 78 valence electrons. The highest BCUT2D eigenvalue weighted by Crippen LogP contribution is 2.22. The maximum absolute atomic E-state index is 11.9. The Morgan fingerprint density at radius 3 is 2.64 bits per heavy atom. The topological polar surface area (TPSA) is 44.1 Å². The van der Waals surface area contributed by atoms with Crippen LogP contribution in [0.3, 0.4) is 0 Å². The molecule has 1 heterocycles. The Morgan fingerprint density at radius 1 is 1.50 bits per heavy atom. The number of amides is 1. The van der Waals surface area contributed by atoms with E-state index >= 15 is 0 Å². The van der Waals surface area contributed by atoms with Crippen molar-refractivity contribution in [2.75, 3.05) is 13.1 Å². The van der Waals surface area contributed by atoms with Crippen LogP contribution in [0.15, 0.2) is 0 Å². The summed E-state index contributed by atoms with van der Waals surface area (Å²) in [5.74, 6) is 0.201. The molecule has 1 atom stereocenters. The number of likely N-dealkylation sites (tertiary alicyclic amines) is 1. The molecular formula is C11H18N2O. The van der Waals surface area contributed by atoms with Crippen LogP contribution >= 0.6 is 0 Å². The third kappa shape index (κ3) is 2.47. The van der Waals surface area contributed by atoms with Crippen LogP contribution in [0, 0.1) is 22.7 Å². The zero-order valence-electron chi connectivity index (χ0n) is 9.21. The van der Waals surface area contributed by atoms with Gasteiger partial charge >= 0.3 is 0 Å². The second-order valence-electron chi connectivity index (χ2n) is 4.97. The van der Waals surface area contributed by atoms with Crippen molar-refractivity contribution in [3.8, 4) is 6.07 Å². The van der Waals surface area contributed by atoms with Gasteiger partial charge in [0.05, 0.1) is 12.0 Å². The van der Waals surface area contributed by atoms with Gasteiger partial charge in [-0.05, 0) is 12.8 Å². The van der Waals surface area contributed by atoms with Crippen LogP contribution in [0.1, 0.15) is 33.6 Å². The lowest BCUT2D eigenvalue weighted by molar-refractivity contribution is -0.140. The number of hydrogen-bond donors (Lipinski definition) is 0. The monoisotopic (exact) mass is 194 g/mol. The molecule has 3 nitrogen and oxygen atoms in total. The molecule has 3 heteroatoms. The number of carbonyl (C=O) groups is 1. The van der Waals surface area contributed by atoms with Gasteiger partial charge in [-0.2, -0.15) is 5.26 Å². The maximum atomic E-state index is 11.9. The number of carbonyl (C=O) groups excluding carboxylic acids is 1. The van der Waals surface area contributed by atoms with E-state index in [1.54, 1.807) is 0 Å². The van der Waals surface area contributed by atoms with E-state index in [4.69, 9.17) is 5.26 Å². The first kappa shape index (κ1) is 11.0. The minimum atomic E-state index is -0.322. The summed E-state index contributed by atoms with van der Waals surface area (Å²) in [5, 5.41) is 8.81. The first-order valence-corrected chi connectivity index (χ1v) is 5.14. The highest BCUT2D eigenvalue weighted by molar-refractivity contribution is 5.81. The number of nitrogens with zero attached hydrogens (tertiary/aromatic N) is 2. The third-order valence-corrected chi connectivity index (χ3v) is 2.53. The first-order chi connectivity index (χ1) is 6.45. The molecule has 0 spiro atoms. The number of piperidine rings is 1. The van der Waals surface area contributed by atoms with Crippen LogP contribution in [0.2, 0.25) is 0 Å². The molecule has 0 saturated carbocycles. The summed E-state index contributed by atoms with van der Waals surface area (Å²) < 4.78 is 0. The Hall–Kier alpha value is -1.04. The molecule has 0 bridgehead atoms. The van der Waals surface area contributed by atoms with E-state index in [2.05, 4.69) is 6.07 Å². The Bertz CT molecular complexity index is 259. The van der Waals surface area contributed by atoms with Gasteiger partial charge in [0.1, 0.15) is 0 Å².